The predicted molar refractivity (Wildman–Crippen MR) is 75.7 cm³/mol. The summed E-state index contributed by atoms with van der Waals surface area (Å²) in [6.45, 7) is 4.19. The van der Waals surface area contributed by atoms with Crippen LogP contribution in [0.15, 0.2) is 12.1 Å². The number of rotatable bonds is 0. The van der Waals surface area contributed by atoms with Crippen LogP contribution in [-0.2, 0) is 0 Å². The first kappa shape index (κ1) is 10.7. The molecule has 0 aromatic heterocycles. The largest absolute Gasteiger partial charge is 0.485 e. The van der Waals surface area contributed by atoms with Crippen molar-refractivity contribution in [2.75, 3.05) is 0 Å². The van der Waals surface area contributed by atoms with Crippen molar-refractivity contribution >= 4 is 51.3 Å². The summed E-state index contributed by atoms with van der Waals surface area (Å²) in [4.78, 5) is 0. The Balaban J connectivity index is 2.63. The van der Waals surface area contributed by atoms with Crippen LogP contribution < -0.4 is 4.74 Å². The van der Waals surface area contributed by atoms with Crippen LogP contribution in [0.4, 0.5) is 0 Å². The van der Waals surface area contributed by atoms with E-state index in [-0.39, 0.29) is 6.10 Å². The minimum Gasteiger partial charge on any atom is -0.485 e. The Morgan fingerprint density at radius 2 is 2.00 bits per heavy atom. The Morgan fingerprint density at radius 1 is 1.29 bits per heavy atom. The first-order valence-corrected chi connectivity index (χ1v) is 6.59. The minimum atomic E-state index is 0.189. The number of hydrogen-bond acceptors (Lipinski definition) is 1. The minimum absolute atomic E-state index is 0.189. The maximum absolute atomic E-state index is 5.80. The fourth-order valence-corrected chi connectivity index (χ4v) is 2.73. The van der Waals surface area contributed by atoms with Crippen molar-refractivity contribution < 1.29 is 4.74 Å². The zero-order chi connectivity index (χ0) is 10.3. The summed E-state index contributed by atoms with van der Waals surface area (Å²) in [7, 11) is 0. The average molecular weight is 412 g/mol. The van der Waals surface area contributed by atoms with Gasteiger partial charge in [0.25, 0.3) is 0 Å². The fourth-order valence-electron chi connectivity index (χ4n) is 1.47. The van der Waals surface area contributed by atoms with Gasteiger partial charge in [-0.15, -0.1) is 0 Å². The highest BCUT2D eigenvalue weighted by Gasteiger charge is 2.17. The van der Waals surface area contributed by atoms with Crippen LogP contribution >= 0.6 is 45.2 Å². The van der Waals surface area contributed by atoms with E-state index in [0.717, 1.165) is 5.75 Å². The average Bonchev–Trinajstić information content (AvgIpc) is 2.16. The van der Waals surface area contributed by atoms with Crippen LogP contribution in [0, 0.1) is 14.1 Å². The number of benzene rings is 1. The molecule has 0 spiro atoms. The standard InChI is InChI=1S/C11H10I2O/c1-6-5-8-4-3-7(2)14-11(8)10(13)9(6)12/h3-5,7H,1-2H3. The first-order valence-electron chi connectivity index (χ1n) is 4.43. The molecule has 1 unspecified atom stereocenters. The van der Waals surface area contributed by atoms with E-state index in [1.54, 1.807) is 0 Å². The number of halogens is 2. The normalized spacial score (nSPS) is 19.0. The molecule has 0 amide bonds. The zero-order valence-corrected chi connectivity index (χ0v) is 12.3. The lowest BCUT2D eigenvalue weighted by atomic mass is 10.1. The Kier molecular flexibility index (Phi) is 3.06. The van der Waals surface area contributed by atoms with E-state index in [4.69, 9.17) is 4.74 Å². The third-order valence-electron chi connectivity index (χ3n) is 2.22. The van der Waals surface area contributed by atoms with Gasteiger partial charge in [0.15, 0.2) is 0 Å². The van der Waals surface area contributed by atoms with Crippen molar-refractivity contribution in [3.8, 4) is 5.75 Å². The van der Waals surface area contributed by atoms with Gasteiger partial charge in [0, 0.05) is 9.13 Å². The topological polar surface area (TPSA) is 9.23 Å². The van der Waals surface area contributed by atoms with Gasteiger partial charge in [-0.05, 0) is 76.7 Å². The second-order valence-corrected chi connectivity index (χ2v) is 5.58. The van der Waals surface area contributed by atoms with E-state index in [9.17, 15) is 0 Å². The molecule has 0 fully saturated rings. The van der Waals surface area contributed by atoms with Crippen LogP contribution in [0.5, 0.6) is 5.75 Å². The third-order valence-corrected chi connectivity index (χ3v) is 5.67. The summed E-state index contributed by atoms with van der Waals surface area (Å²) in [6.07, 6.45) is 4.42. The molecule has 1 aliphatic rings. The molecule has 1 aliphatic heterocycles. The van der Waals surface area contributed by atoms with Gasteiger partial charge in [-0.3, -0.25) is 0 Å². The predicted octanol–water partition coefficient (Wildman–Crippen LogP) is 4.00. The third kappa shape index (κ3) is 1.80. The SMILES string of the molecule is Cc1cc2c(c(I)c1I)OC(C)C=C2. The van der Waals surface area contributed by atoms with E-state index in [0.29, 0.717) is 0 Å². The highest BCUT2D eigenvalue weighted by Crippen LogP contribution is 2.35. The van der Waals surface area contributed by atoms with Crippen LogP contribution in [0.25, 0.3) is 6.08 Å². The number of hydrogen-bond donors (Lipinski definition) is 0. The molecule has 0 bridgehead atoms. The highest BCUT2D eigenvalue weighted by molar-refractivity contribution is 14.1. The molecule has 1 heterocycles. The van der Waals surface area contributed by atoms with Crippen LogP contribution in [-0.4, -0.2) is 6.10 Å². The van der Waals surface area contributed by atoms with Crippen molar-refractivity contribution in [2.45, 2.75) is 20.0 Å². The molecule has 2 rings (SSSR count). The van der Waals surface area contributed by atoms with Gasteiger partial charge >= 0.3 is 0 Å². The summed E-state index contributed by atoms with van der Waals surface area (Å²) in [5.41, 5.74) is 2.52. The van der Waals surface area contributed by atoms with E-state index in [2.05, 4.69) is 77.2 Å². The maximum atomic E-state index is 5.80. The molecular weight excluding hydrogens is 402 g/mol. The molecule has 0 N–H and O–H groups in total. The molecular formula is C11H10I2O. The summed E-state index contributed by atoms with van der Waals surface area (Å²) in [6, 6.07) is 2.18. The van der Waals surface area contributed by atoms with Gasteiger partial charge in [-0.1, -0.05) is 6.08 Å². The van der Waals surface area contributed by atoms with E-state index in [1.165, 1.54) is 18.3 Å². The van der Waals surface area contributed by atoms with Crippen LogP contribution in [0.3, 0.4) is 0 Å². The lowest BCUT2D eigenvalue weighted by Crippen LogP contribution is -2.14. The number of aryl methyl sites for hydroxylation is 1. The molecule has 0 saturated carbocycles. The summed E-state index contributed by atoms with van der Waals surface area (Å²) in [5, 5.41) is 0. The molecule has 0 saturated heterocycles. The van der Waals surface area contributed by atoms with E-state index >= 15 is 0 Å². The number of fused-ring (bicyclic) bond motifs is 1. The smallest absolute Gasteiger partial charge is 0.141 e. The summed E-state index contributed by atoms with van der Waals surface area (Å²) < 4.78 is 8.33. The van der Waals surface area contributed by atoms with Crippen LogP contribution in [0.1, 0.15) is 18.1 Å². The van der Waals surface area contributed by atoms with Gasteiger partial charge in [-0.25, -0.2) is 0 Å². The molecule has 1 nitrogen and oxygen atoms in total. The maximum Gasteiger partial charge on any atom is 0.141 e. The summed E-state index contributed by atoms with van der Waals surface area (Å²) >= 11 is 4.73. The lowest BCUT2D eigenvalue weighted by molar-refractivity contribution is 0.264. The molecule has 3 heteroatoms. The molecule has 1 atom stereocenters. The van der Waals surface area contributed by atoms with Crippen molar-refractivity contribution in [3.05, 3.63) is 30.4 Å². The van der Waals surface area contributed by atoms with Crippen molar-refractivity contribution in [1.29, 1.82) is 0 Å². The Morgan fingerprint density at radius 3 is 2.71 bits per heavy atom. The molecule has 14 heavy (non-hydrogen) atoms. The second-order valence-electron chi connectivity index (χ2n) is 3.42. The quantitative estimate of drug-likeness (QED) is 0.586. The van der Waals surface area contributed by atoms with Crippen molar-refractivity contribution in [3.63, 3.8) is 0 Å². The molecule has 0 radical (unpaired) electrons. The van der Waals surface area contributed by atoms with Gasteiger partial charge in [0.05, 0.1) is 3.57 Å². The van der Waals surface area contributed by atoms with Gasteiger partial charge in [0.1, 0.15) is 11.9 Å². The van der Waals surface area contributed by atoms with E-state index in [1.807, 2.05) is 0 Å². The van der Waals surface area contributed by atoms with Crippen molar-refractivity contribution in [2.24, 2.45) is 0 Å². The highest BCUT2D eigenvalue weighted by atomic mass is 127. The molecule has 1 aromatic carbocycles. The monoisotopic (exact) mass is 412 g/mol. The van der Waals surface area contributed by atoms with Crippen LogP contribution in [0.2, 0.25) is 0 Å². The fraction of sp³-hybridized carbons (Fsp3) is 0.273. The number of ether oxygens (including phenoxy) is 1. The first-order chi connectivity index (χ1) is 6.59. The van der Waals surface area contributed by atoms with Crippen molar-refractivity contribution in [1.82, 2.24) is 0 Å². The summed E-state index contributed by atoms with van der Waals surface area (Å²) in [5.74, 6) is 1.04. The zero-order valence-electron chi connectivity index (χ0n) is 7.97. The lowest BCUT2D eigenvalue weighted by Gasteiger charge is -2.21. The Bertz CT molecular complexity index is 410. The van der Waals surface area contributed by atoms with Gasteiger partial charge < -0.3 is 4.74 Å². The van der Waals surface area contributed by atoms with Gasteiger partial charge in [0.2, 0.25) is 0 Å². The Hall–Kier alpha value is 0.220. The van der Waals surface area contributed by atoms with Gasteiger partial charge in [-0.2, -0.15) is 0 Å². The molecule has 1 aromatic rings. The second kappa shape index (κ2) is 4.00. The van der Waals surface area contributed by atoms with E-state index < -0.39 is 0 Å². The Labute approximate surface area is 111 Å². The molecule has 74 valence electrons. The molecule has 0 aliphatic carbocycles.